The Labute approximate surface area is 132 Å². The van der Waals surface area contributed by atoms with Gasteiger partial charge < -0.3 is 4.57 Å². The summed E-state index contributed by atoms with van der Waals surface area (Å²) in [6.07, 6.45) is 9.15. The Hall–Kier alpha value is -1.84. The molecule has 1 aromatic heterocycles. The van der Waals surface area contributed by atoms with Crippen molar-refractivity contribution < 1.29 is 4.79 Å². The SMILES string of the molecule is O=C(c1ccc(-n2ccnc2)cc1)C1CC(Cl)=CC=C1Cl. The van der Waals surface area contributed by atoms with E-state index >= 15 is 0 Å². The second kappa shape index (κ2) is 5.88. The highest BCUT2D eigenvalue weighted by atomic mass is 35.5. The molecule has 1 heterocycles. The molecule has 0 fully saturated rings. The van der Waals surface area contributed by atoms with Gasteiger partial charge in [-0.05, 0) is 42.8 Å². The average Bonchev–Trinajstić information content (AvgIpc) is 3.03. The third-order valence-electron chi connectivity index (χ3n) is 3.43. The first kappa shape index (κ1) is 14.1. The average molecular weight is 319 g/mol. The van der Waals surface area contributed by atoms with Crippen molar-refractivity contribution in [3.8, 4) is 5.69 Å². The number of allylic oxidation sites excluding steroid dienone is 4. The summed E-state index contributed by atoms with van der Waals surface area (Å²) >= 11 is 12.1. The molecule has 0 amide bonds. The summed E-state index contributed by atoms with van der Waals surface area (Å²) in [6, 6.07) is 7.36. The minimum absolute atomic E-state index is 0.0142. The van der Waals surface area contributed by atoms with Gasteiger partial charge in [-0.15, -0.1) is 0 Å². The predicted octanol–water partition coefficient (Wildman–Crippen LogP) is 4.32. The van der Waals surface area contributed by atoms with Crippen LogP contribution in [0.15, 0.2) is 65.2 Å². The van der Waals surface area contributed by atoms with Gasteiger partial charge in [0.1, 0.15) is 0 Å². The molecule has 1 atom stereocenters. The highest BCUT2D eigenvalue weighted by Gasteiger charge is 2.25. The maximum absolute atomic E-state index is 12.5. The molecule has 3 nitrogen and oxygen atoms in total. The lowest BCUT2D eigenvalue weighted by Crippen LogP contribution is -2.17. The van der Waals surface area contributed by atoms with Crippen molar-refractivity contribution in [3.63, 3.8) is 0 Å². The third kappa shape index (κ3) is 2.94. The molecule has 2 aromatic rings. The fourth-order valence-electron chi connectivity index (χ4n) is 2.28. The van der Waals surface area contributed by atoms with E-state index in [1.54, 1.807) is 36.8 Å². The standard InChI is InChI=1S/C16H12Cl2N2O/c17-12-3-6-15(18)14(9-12)16(21)11-1-4-13(5-2-11)20-8-7-19-10-20/h1-8,10,14H,9H2. The molecule has 0 bridgehead atoms. The van der Waals surface area contributed by atoms with Crippen LogP contribution in [0.2, 0.25) is 0 Å². The molecular formula is C16H12Cl2N2O. The third-order valence-corrected chi connectivity index (χ3v) is 4.10. The van der Waals surface area contributed by atoms with Crippen molar-refractivity contribution in [3.05, 3.63) is 70.8 Å². The van der Waals surface area contributed by atoms with Gasteiger partial charge in [0.2, 0.25) is 0 Å². The van der Waals surface area contributed by atoms with Crippen molar-refractivity contribution in [1.29, 1.82) is 0 Å². The largest absolute Gasteiger partial charge is 0.306 e. The van der Waals surface area contributed by atoms with E-state index in [1.165, 1.54) is 0 Å². The fourth-order valence-corrected chi connectivity index (χ4v) is 2.73. The minimum atomic E-state index is -0.386. The predicted molar refractivity (Wildman–Crippen MR) is 83.9 cm³/mol. The van der Waals surface area contributed by atoms with Crippen molar-refractivity contribution >= 4 is 29.0 Å². The lowest BCUT2D eigenvalue weighted by Gasteiger charge is -2.18. The first-order chi connectivity index (χ1) is 10.1. The number of carbonyl (C=O) groups excluding carboxylic acids is 1. The van der Waals surface area contributed by atoms with E-state index in [-0.39, 0.29) is 11.7 Å². The zero-order valence-corrected chi connectivity index (χ0v) is 12.6. The van der Waals surface area contributed by atoms with E-state index in [4.69, 9.17) is 23.2 Å². The first-order valence-electron chi connectivity index (χ1n) is 6.49. The van der Waals surface area contributed by atoms with E-state index < -0.39 is 0 Å². The highest BCUT2D eigenvalue weighted by Crippen LogP contribution is 2.32. The molecule has 106 valence electrons. The second-order valence-electron chi connectivity index (χ2n) is 4.80. The van der Waals surface area contributed by atoms with E-state index in [2.05, 4.69) is 4.98 Å². The number of Topliss-reactive ketones (excluding diaryl/α,β-unsaturated/α-hetero) is 1. The molecule has 21 heavy (non-hydrogen) atoms. The Kier molecular flexibility index (Phi) is 3.95. The summed E-state index contributed by atoms with van der Waals surface area (Å²) in [5.74, 6) is -0.400. The Morgan fingerprint density at radius 1 is 1.19 bits per heavy atom. The molecule has 0 radical (unpaired) electrons. The van der Waals surface area contributed by atoms with Gasteiger partial charge in [0.25, 0.3) is 0 Å². The van der Waals surface area contributed by atoms with Crippen molar-refractivity contribution in [2.24, 2.45) is 5.92 Å². The number of hydrogen-bond acceptors (Lipinski definition) is 2. The second-order valence-corrected chi connectivity index (χ2v) is 5.72. The molecular weight excluding hydrogens is 307 g/mol. The Bertz CT molecular complexity index is 715. The topological polar surface area (TPSA) is 34.9 Å². The summed E-state index contributed by atoms with van der Waals surface area (Å²) in [7, 11) is 0. The number of benzene rings is 1. The normalized spacial score (nSPS) is 18.1. The van der Waals surface area contributed by atoms with Crippen LogP contribution >= 0.6 is 23.2 Å². The van der Waals surface area contributed by atoms with Gasteiger partial charge in [-0.1, -0.05) is 23.2 Å². The number of nitrogens with zero attached hydrogens (tertiary/aromatic N) is 2. The van der Waals surface area contributed by atoms with Crippen LogP contribution in [0.1, 0.15) is 16.8 Å². The number of ketones is 1. The van der Waals surface area contributed by atoms with E-state index in [0.29, 0.717) is 22.0 Å². The van der Waals surface area contributed by atoms with Crippen molar-refractivity contribution in [2.45, 2.75) is 6.42 Å². The summed E-state index contributed by atoms with van der Waals surface area (Å²) < 4.78 is 1.88. The zero-order chi connectivity index (χ0) is 14.8. The Balaban J connectivity index is 1.83. The van der Waals surface area contributed by atoms with E-state index in [0.717, 1.165) is 5.69 Å². The summed E-state index contributed by atoms with van der Waals surface area (Å²) in [5.41, 5.74) is 1.58. The van der Waals surface area contributed by atoms with Gasteiger partial charge >= 0.3 is 0 Å². The number of carbonyl (C=O) groups is 1. The van der Waals surface area contributed by atoms with Crippen LogP contribution in [0, 0.1) is 5.92 Å². The first-order valence-corrected chi connectivity index (χ1v) is 7.25. The molecule has 3 rings (SSSR count). The van der Waals surface area contributed by atoms with Gasteiger partial charge in [-0.3, -0.25) is 4.79 Å². The van der Waals surface area contributed by atoms with Gasteiger partial charge in [0, 0.05) is 33.7 Å². The number of hydrogen-bond donors (Lipinski definition) is 0. The number of aromatic nitrogens is 2. The van der Waals surface area contributed by atoms with Crippen LogP contribution in [0.3, 0.4) is 0 Å². The molecule has 1 aromatic carbocycles. The molecule has 0 saturated carbocycles. The quantitative estimate of drug-likeness (QED) is 0.790. The van der Waals surface area contributed by atoms with Gasteiger partial charge in [-0.25, -0.2) is 4.98 Å². The molecule has 1 aliphatic rings. The molecule has 1 aliphatic carbocycles. The molecule has 5 heteroatoms. The maximum Gasteiger partial charge on any atom is 0.171 e. The Morgan fingerprint density at radius 2 is 1.95 bits per heavy atom. The highest BCUT2D eigenvalue weighted by molar-refractivity contribution is 6.34. The zero-order valence-electron chi connectivity index (χ0n) is 11.0. The molecule has 0 saturated heterocycles. The lowest BCUT2D eigenvalue weighted by molar-refractivity contribution is 0.0943. The molecule has 0 aliphatic heterocycles. The smallest absolute Gasteiger partial charge is 0.171 e. The summed E-state index contributed by atoms with van der Waals surface area (Å²) in [5, 5.41) is 1.18. The molecule has 1 unspecified atom stereocenters. The van der Waals surface area contributed by atoms with Crippen molar-refractivity contribution in [2.75, 3.05) is 0 Å². The summed E-state index contributed by atoms with van der Waals surface area (Å²) in [6.45, 7) is 0. The lowest BCUT2D eigenvalue weighted by atomic mass is 9.91. The molecule has 0 N–H and O–H groups in total. The molecule has 0 spiro atoms. The van der Waals surface area contributed by atoms with Crippen LogP contribution in [-0.4, -0.2) is 15.3 Å². The number of imidazole rings is 1. The van der Waals surface area contributed by atoms with Crippen LogP contribution in [0.25, 0.3) is 5.69 Å². The van der Waals surface area contributed by atoms with E-state index in [9.17, 15) is 4.79 Å². The number of halogens is 2. The van der Waals surface area contributed by atoms with Gasteiger partial charge in [-0.2, -0.15) is 0 Å². The van der Waals surface area contributed by atoms with E-state index in [1.807, 2.05) is 22.9 Å². The van der Waals surface area contributed by atoms with Crippen LogP contribution < -0.4 is 0 Å². The Morgan fingerprint density at radius 3 is 2.62 bits per heavy atom. The van der Waals surface area contributed by atoms with Crippen molar-refractivity contribution in [1.82, 2.24) is 9.55 Å². The fraction of sp³-hybridized carbons (Fsp3) is 0.125. The van der Waals surface area contributed by atoms with Crippen LogP contribution in [0.5, 0.6) is 0 Å². The monoisotopic (exact) mass is 318 g/mol. The van der Waals surface area contributed by atoms with Crippen LogP contribution in [-0.2, 0) is 0 Å². The van der Waals surface area contributed by atoms with Gasteiger partial charge in [0.15, 0.2) is 5.78 Å². The maximum atomic E-state index is 12.5. The summed E-state index contributed by atoms with van der Waals surface area (Å²) in [4.78, 5) is 16.5. The minimum Gasteiger partial charge on any atom is -0.306 e. The van der Waals surface area contributed by atoms with Crippen LogP contribution in [0.4, 0.5) is 0 Å². The number of rotatable bonds is 3. The van der Waals surface area contributed by atoms with Gasteiger partial charge in [0.05, 0.1) is 12.2 Å².